The summed E-state index contributed by atoms with van der Waals surface area (Å²) in [6, 6.07) is 1.34. The van der Waals surface area contributed by atoms with Crippen LogP contribution in [0.5, 0.6) is 0 Å². The summed E-state index contributed by atoms with van der Waals surface area (Å²) in [5.41, 5.74) is 0. The van der Waals surface area contributed by atoms with Gasteiger partial charge in [0.2, 0.25) is 0 Å². The van der Waals surface area contributed by atoms with Crippen LogP contribution in [-0.4, -0.2) is 5.11 Å². The van der Waals surface area contributed by atoms with Gasteiger partial charge in [-0.1, -0.05) is 0 Å². The summed E-state index contributed by atoms with van der Waals surface area (Å²) in [6.45, 7) is -0.191. The molecular formula is C5H5FOS. The molecule has 44 valence electrons. The van der Waals surface area contributed by atoms with E-state index in [0.717, 1.165) is 0 Å². The standard InChI is InChI=1S/C5H5FOS/c6-4-1-2-8-5(4)3-7/h1-2,7H,3H2. The lowest BCUT2D eigenvalue weighted by Crippen LogP contribution is -1.77. The fourth-order valence-electron chi connectivity index (χ4n) is 0.438. The maximum atomic E-state index is 12.2. The normalized spacial score (nSPS) is 9.75. The number of aliphatic hydroxyl groups excluding tert-OH is 1. The Morgan fingerprint density at radius 1 is 1.75 bits per heavy atom. The van der Waals surface area contributed by atoms with Gasteiger partial charge in [-0.3, -0.25) is 0 Å². The van der Waals surface area contributed by atoms with Gasteiger partial charge in [-0.05, 0) is 11.4 Å². The minimum absolute atomic E-state index is 0.191. The number of halogens is 1. The summed E-state index contributed by atoms with van der Waals surface area (Å²) >= 11 is 1.22. The van der Waals surface area contributed by atoms with Crippen LogP contribution in [0.15, 0.2) is 11.4 Å². The highest BCUT2D eigenvalue weighted by atomic mass is 32.1. The van der Waals surface area contributed by atoms with E-state index in [0.29, 0.717) is 4.88 Å². The average molecular weight is 132 g/mol. The molecule has 0 aromatic carbocycles. The largest absolute Gasteiger partial charge is 0.391 e. The smallest absolute Gasteiger partial charge is 0.139 e. The van der Waals surface area contributed by atoms with E-state index in [9.17, 15) is 4.39 Å². The molecule has 1 aromatic heterocycles. The van der Waals surface area contributed by atoms with Gasteiger partial charge in [-0.15, -0.1) is 11.3 Å². The molecule has 0 aliphatic rings. The lowest BCUT2D eigenvalue weighted by Gasteiger charge is -1.83. The van der Waals surface area contributed by atoms with Crippen molar-refractivity contribution < 1.29 is 9.50 Å². The third kappa shape index (κ3) is 0.877. The molecule has 0 saturated carbocycles. The van der Waals surface area contributed by atoms with Crippen molar-refractivity contribution in [3.8, 4) is 0 Å². The number of hydrogen-bond acceptors (Lipinski definition) is 2. The van der Waals surface area contributed by atoms with Crippen molar-refractivity contribution >= 4 is 11.3 Å². The fraction of sp³-hybridized carbons (Fsp3) is 0.200. The van der Waals surface area contributed by atoms with Crippen LogP contribution in [0.1, 0.15) is 4.88 Å². The summed E-state index contributed by atoms with van der Waals surface area (Å²) in [6.07, 6.45) is 0. The Bertz CT molecular complexity index is 173. The number of thiophene rings is 1. The van der Waals surface area contributed by atoms with Crippen LogP contribution in [0.2, 0.25) is 0 Å². The average Bonchev–Trinajstić information content (AvgIpc) is 2.14. The van der Waals surface area contributed by atoms with Gasteiger partial charge >= 0.3 is 0 Å². The minimum Gasteiger partial charge on any atom is -0.391 e. The van der Waals surface area contributed by atoms with Gasteiger partial charge in [0.05, 0.1) is 11.5 Å². The van der Waals surface area contributed by atoms with Crippen molar-refractivity contribution in [3.63, 3.8) is 0 Å². The molecule has 1 aromatic rings. The Kier molecular flexibility index (Phi) is 1.60. The monoisotopic (exact) mass is 132 g/mol. The van der Waals surface area contributed by atoms with Gasteiger partial charge in [0, 0.05) is 0 Å². The SMILES string of the molecule is OCc1sccc1F. The zero-order valence-corrected chi connectivity index (χ0v) is 4.91. The van der Waals surface area contributed by atoms with Crippen LogP contribution in [0.3, 0.4) is 0 Å². The van der Waals surface area contributed by atoms with Crippen molar-refractivity contribution in [2.75, 3.05) is 0 Å². The second-order valence-corrected chi connectivity index (χ2v) is 2.35. The predicted octanol–water partition coefficient (Wildman–Crippen LogP) is 1.38. The summed E-state index contributed by atoms with van der Waals surface area (Å²) in [7, 11) is 0. The van der Waals surface area contributed by atoms with E-state index in [-0.39, 0.29) is 12.4 Å². The molecule has 0 aliphatic carbocycles. The molecule has 0 saturated heterocycles. The van der Waals surface area contributed by atoms with E-state index in [2.05, 4.69) is 0 Å². The molecule has 1 N–H and O–H groups in total. The van der Waals surface area contributed by atoms with E-state index in [1.165, 1.54) is 17.4 Å². The van der Waals surface area contributed by atoms with Gasteiger partial charge < -0.3 is 5.11 Å². The van der Waals surface area contributed by atoms with Gasteiger partial charge in [-0.25, -0.2) is 4.39 Å². The highest BCUT2D eigenvalue weighted by Crippen LogP contribution is 2.13. The molecule has 0 aliphatic heterocycles. The van der Waals surface area contributed by atoms with Gasteiger partial charge in [-0.2, -0.15) is 0 Å². The van der Waals surface area contributed by atoms with Crippen molar-refractivity contribution in [1.82, 2.24) is 0 Å². The van der Waals surface area contributed by atoms with Crippen LogP contribution < -0.4 is 0 Å². The first-order valence-corrected chi connectivity index (χ1v) is 3.05. The molecule has 1 rings (SSSR count). The van der Waals surface area contributed by atoms with Crippen molar-refractivity contribution in [3.05, 3.63) is 22.1 Å². The summed E-state index contributed by atoms with van der Waals surface area (Å²) in [5.74, 6) is -0.308. The van der Waals surface area contributed by atoms with E-state index >= 15 is 0 Å². The third-order valence-electron chi connectivity index (χ3n) is 0.835. The Labute approximate surface area is 50.4 Å². The topological polar surface area (TPSA) is 20.2 Å². The van der Waals surface area contributed by atoms with Crippen LogP contribution in [-0.2, 0) is 6.61 Å². The molecule has 1 nitrogen and oxygen atoms in total. The third-order valence-corrected chi connectivity index (χ3v) is 1.72. The maximum absolute atomic E-state index is 12.2. The minimum atomic E-state index is -0.308. The molecule has 3 heteroatoms. The first-order valence-electron chi connectivity index (χ1n) is 2.17. The summed E-state index contributed by atoms with van der Waals surface area (Å²) < 4.78 is 12.2. The Balaban J connectivity index is 2.92. The molecule has 0 atom stereocenters. The molecule has 0 spiro atoms. The first kappa shape index (κ1) is 5.72. The molecule has 0 bridgehead atoms. The Hall–Kier alpha value is -0.410. The molecule has 1 heterocycles. The van der Waals surface area contributed by atoms with Crippen LogP contribution in [0.4, 0.5) is 4.39 Å². The predicted molar refractivity (Wildman–Crippen MR) is 30.2 cm³/mol. The van der Waals surface area contributed by atoms with Gasteiger partial charge in [0.15, 0.2) is 0 Å². The molecule has 0 radical (unpaired) electrons. The Morgan fingerprint density at radius 3 is 2.75 bits per heavy atom. The van der Waals surface area contributed by atoms with Gasteiger partial charge in [0.25, 0.3) is 0 Å². The summed E-state index contributed by atoms with van der Waals surface area (Å²) in [5, 5.41) is 9.99. The van der Waals surface area contributed by atoms with E-state index in [1.54, 1.807) is 5.38 Å². The zero-order valence-electron chi connectivity index (χ0n) is 4.10. The van der Waals surface area contributed by atoms with Gasteiger partial charge in [0.1, 0.15) is 5.82 Å². The zero-order chi connectivity index (χ0) is 5.98. The highest BCUT2D eigenvalue weighted by Gasteiger charge is 1.98. The van der Waals surface area contributed by atoms with Crippen LogP contribution in [0, 0.1) is 5.82 Å². The Morgan fingerprint density at radius 2 is 2.50 bits per heavy atom. The van der Waals surface area contributed by atoms with Crippen LogP contribution >= 0.6 is 11.3 Å². The maximum Gasteiger partial charge on any atom is 0.139 e. The second-order valence-electron chi connectivity index (χ2n) is 1.35. The fourth-order valence-corrected chi connectivity index (χ4v) is 1.04. The molecule has 0 unspecified atom stereocenters. The molecule has 0 fully saturated rings. The van der Waals surface area contributed by atoms with E-state index in [4.69, 9.17) is 5.11 Å². The molecular weight excluding hydrogens is 127 g/mol. The van der Waals surface area contributed by atoms with E-state index < -0.39 is 0 Å². The van der Waals surface area contributed by atoms with E-state index in [1.807, 2.05) is 0 Å². The summed E-state index contributed by atoms with van der Waals surface area (Å²) in [4.78, 5) is 0.407. The lowest BCUT2D eigenvalue weighted by atomic mass is 10.5. The quantitative estimate of drug-likeness (QED) is 0.612. The number of rotatable bonds is 1. The van der Waals surface area contributed by atoms with Crippen molar-refractivity contribution in [2.24, 2.45) is 0 Å². The molecule has 8 heavy (non-hydrogen) atoms. The van der Waals surface area contributed by atoms with Crippen molar-refractivity contribution in [1.29, 1.82) is 0 Å². The van der Waals surface area contributed by atoms with Crippen LogP contribution in [0.25, 0.3) is 0 Å². The number of hydrogen-bond donors (Lipinski definition) is 1. The van der Waals surface area contributed by atoms with Crippen molar-refractivity contribution in [2.45, 2.75) is 6.61 Å². The second kappa shape index (κ2) is 2.24. The first-order chi connectivity index (χ1) is 3.84. The number of aliphatic hydroxyl groups is 1. The highest BCUT2D eigenvalue weighted by molar-refractivity contribution is 7.09. The lowest BCUT2D eigenvalue weighted by molar-refractivity contribution is 0.280. The molecule has 0 amide bonds.